The molecular weight excluding hydrogens is 340 g/mol. The van der Waals surface area contributed by atoms with E-state index in [1.807, 2.05) is 55.6 Å². The number of hydrogen-bond donors (Lipinski definition) is 1. The lowest BCUT2D eigenvalue weighted by molar-refractivity contribution is 0.600. The van der Waals surface area contributed by atoms with Gasteiger partial charge >= 0.3 is 0 Å². The van der Waals surface area contributed by atoms with E-state index in [1.54, 1.807) is 23.5 Å². The molecule has 1 heterocycles. The summed E-state index contributed by atoms with van der Waals surface area (Å²) in [6.45, 7) is 3.91. The van der Waals surface area contributed by atoms with Crippen LogP contribution < -0.4 is 4.72 Å². The maximum atomic E-state index is 12.3. The molecule has 0 spiro atoms. The van der Waals surface area contributed by atoms with E-state index in [4.69, 9.17) is 0 Å². The molecule has 0 saturated heterocycles. The number of benzene rings is 2. The molecule has 0 amide bonds. The van der Waals surface area contributed by atoms with Crippen molar-refractivity contribution in [2.75, 3.05) is 4.72 Å². The van der Waals surface area contributed by atoms with E-state index in [2.05, 4.69) is 9.71 Å². The average Bonchev–Trinajstić information content (AvgIpc) is 2.93. The van der Waals surface area contributed by atoms with Crippen LogP contribution in [0.25, 0.3) is 11.3 Å². The molecule has 0 saturated carbocycles. The molecule has 4 nitrogen and oxygen atoms in total. The molecule has 1 aromatic heterocycles. The van der Waals surface area contributed by atoms with Gasteiger partial charge in [-0.05, 0) is 31.5 Å². The topological polar surface area (TPSA) is 59.1 Å². The second-order valence-electron chi connectivity index (χ2n) is 5.68. The van der Waals surface area contributed by atoms with Crippen molar-refractivity contribution in [2.45, 2.75) is 19.6 Å². The normalized spacial score (nSPS) is 11.4. The zero-order chi connectivity index (χ0) is 17.2. The minimum absolute atomic E-state index is 0.0400. The summed E-state index contributed by atoms with van der Waals surface area (Å²) in [5, 5.41) is 3.00. The summed E-state index contributed by atoms with van der Waals surface area (Å²) in [4.78, 5) is 4.43. The van der Waals surface area contributed by atoms with Crippen molar-refractivity contribution in [3.05, 3.63) is 70.0 Å². The zero-order valence-corrected chi connectivity index (χ0v) is 15.1. The van der Waals surface area contributed by atoms with Crippen LogP contribution in [0.15, 0.2) is 53.9 Å². The number of hydrogen-bond acceptors (Lipinski definition) is 4. The summed E-state index contributed by atoms with van der Waals surface area (Å²) in [5.41, 5.74) is 4.26. The van der Waals surface area contributed by atoms with Gasteiger partial charge in [0.15, 0.2) is 0 Å². The van der Waals surface area contributed by atoms with Crippen LogP contribution >= 0.6 is 11.3 Å². The van der Waals surface area contributed by atoms with Gasteiger partial charge in [0.1, 0.15) is 0 Å². The number of aryl methyl sites for hydroxylation is 2. The smallest absolute Gasteiger partial charge is 0.236 e. The third kappa shape index (κ3) is 4.21. The Morgan fingerprint density at radius 1 is 1.08 bits per heavy atom. The van der Waals surface area contributed by atoms with E-state index in [9.17, 15) is 8.42 Å². The molecule has 124 valence electrons. The van der Waals surface area contributed by atoms with Gasteiger partial charge in [0, 0.05) is 16.6 Å². The van der Waals surface area contributed by atoms with Gasteiger partial charge in [-0.15, -0.1) is 11.3 Å². The number of nitrogens with one attached hydrogen (secondary N) is 1. The van der Waals surface area contributed by atoms with Crippen molar-refractivity contribution in [3.63, 3.8) is 0 Å². The Bertz CT molecular complexity index is 945. The highest BCUT2D eigenvalue weighted by atomic mass is 32.2. The zero-order valence-electron chi connectivity index (χ0n) is 13.5. The number of thiazole rings is 1. The minimum Gasteiger partial charge on any atom is -0.283 e. The lowest BCUT2D eigenvalue weighted by atomic mass is 10.1. The second kappa shape index (κ2) is 6.75. The number of anilines is 1. The number of sulfonamides is 1. The molecule has 0 atom stereocenters. The van der Waals surface area contributed by atoms with Crippen LogP contribution in [-0.2, 0) is 15.8 Å². The van der Waals surface area contributed by atoms with Gasteiger partial charge in [-0.2, -0.15) is 0 Å². The molecule has 3 rings (SSSR count). The highest BCUT2D eigenvalue weighted by Crippen LogP contribution is 2.23. The monoisotopic (exact) mass is 358 g/mol. The molecular formula is C18H18N2O2S2. The summed E-state index contributed by atoms with van der Waals surface area (Å²) in [5.74, 6) is -0.0400. The third-order valence-electron chi connectivity index (χ3n) is 3.51. The van der Waals surface area contributed by atoms with E-state index in [1.165, 1.54) is 0 Å². The van der Waals surface area contributed by atoms with Crippen LogP contribution in [-0.4, -0.2) is 13.4 Å². The predicted octanol–water partition coefficient (Wildman–Crippen LogP) is 4.37. The van der Waals surface area contributed by atoms with Crippen LogP contribution in [0, 0.1) is 13.8 Å². The largest absolute Gasteiger partial charge is 0.283 e. The minimum atomic E-state index is -3.44. The van der Waals surface area contributed by atoms with Gasteiger partial charge in [-0.25, -0.2) is 13.4 Å². The Morgan fingerprint density at radius 3 is 2.46 bits per heavy atom. The van der Waals surface area contributed by atoms with Gasteiger partial charge in [0.25, 0.3) is 0 Å². The Balaban J connectivity index is 1.73. The van der Waals surface area contributed by atoms with E-state index < -0.39 is 10.0 Å². The number of rotatable bonds is 5. The molecule has 0 fully saturated rings. The summed E-state index contributed by atoms with van der Waals surface area (Å²) in [6, 6.07) is 14.8. The summed E-state index contributed by atoms with van der Waals surface area (Å²) in [6.07, 6.45) is 0. The maximum absolute atomic E-state index is 12.3. The Morgan fingerprint density at radius 2 is 1.83 bits per heavy atom. The summed E-state index contributed by atoms with van der Waals surface area (Å²) >= 11 is 1.59. The van der Waals surface area contributed by atoms with Crippen molar-refractivity contribution in [1.29, 1.82) is 0 Å². The highest BCUT2D eigenvalue weighted by molar-refractivity contribution is 7.91. The van der Waals surface area contributed by atoms with E-state index in [0.717, 1.165) is 27.4 Å². The Kier molecular flexibility index (Phi) is 4.69. The van der Waals surface area contributed by atoms with Crippen molar-refractivity contribution in [2.24, 2.45) is 0 Å². The van der Waals surface area contributed by atoms with Crippen LogP contribution in [0.5, 0.6) is 0 Å². The molecule has 0 aliphatic carbocycles. The van der Waals surface area contributed by atoms with Gasteiger partial charge in [-0.3, -0.25) is 4.72 Å². The quantitative estimate of drug-likeness (QED) is 0.737. The maximum Gasteiger partial charge on any atom is 0.236 e. The first-order chi connectivity index (χ1) is 11.4. The van der Waals surface area contributed by atoms with Gasteiger partial charge in [-0.1, -0.05) is 42.0 Å². The standard InChI is InChI=1S/C18H18N2O2S2/c1-13-4-3-5-15(10-13)12-24(21,22)20-17-8-6-16(7-9-17)18-11-23-14(2)19-18/h3-11,20H,12H2,1-2H3. The summed E-state index contributed by atoms with van der Waals surface area (Å²) in [7, 11) is -3.44. The first-order valence-corrected chi connectivity index (χ1v) is 10.0. The fourth-order valence-corrected chi connectivity index (χ4v) is 4.25. The third-order valence-corrected chi connectivity index (χ3v) is 5.55. The van der Waals surface area contributed by atoms with Crippen LogP contribution in [0.3, 0.4) is 0 Å². The fraction of sp³-hybridized carbons (Fsp3) is 0.167. The lowest BCUT2D eigenvalue weighted by Crippen LogP contribution is -2.15. The van der Waals surface area contributed by atoms with Crippen molar-refractivity contribution in [1.82, 2.24) is 4.98 Å². The molecule has 0 unspecified atom stereocenters. The van der Waals surface area contributed by atoms with Crippen LogP contribution in [0.2, 0.25) is 0 Å². The number of nitrogens with zero attached hydrogens (tertiary/aromatic N) is 1. The lowest BCUT2D eigenvalue weighted by Gasteiger charge is -2.09. The molecule has 0 aliphatic heterocycles. The molecule has 24 heavy (non-hydrogen) atoms. The van der Waals surface area contributed by atoms with Crippen molar-refractivity contribution < 1.29 is 8.42 Å². The van der Waals surface area contributed by atoms with E-state index >= 15 is 0 Å². The van der Waals surface area contributed by atoms with Gasteiger partial charge in [0.05, 0.1) is 16.5 Å². The van der Waals surface area contributed by atoms with E-state index in [0.29, 0.717) is 5.69 Å². The molecule has 1 N–H and O–H groups in total. The molecule has 2 aromatic carbocycles. The first kappa shape index (κ1) is 16.7. The highest BCUT2D eigenvalue weighted by Gasteiger charge is 2.12. The Labute approximate surface area is 146 Å². The first-order valence-electron chi connectivity index (χ1n) is 7.50. The number of aromatic nitrogens is 1. The van der Waals surface area contributed by atoms with E-state index in [-0.39, 0.29) is 5.75 Å². The SMILES string of the molecule is Cc1cccc(CS(=O)(=O)Nc2ccc(-c3csc(C)n3)cc2)c1. The van der Waals surface area contributed by atoms with Crippen LogP contribution in [0.4, 0.5) is 5.69 Å². The van der Waals surface area contributed by atoms with Gasteiger partial charge < -0.3 is 0 Å². The fourth-order valence-electron chi connectivity index (χ4n) is 2.44. The van der Waals surface area contributed by atoms with Crippen molar-refractivity contribution >= 4 is 27.0 Å². The molecule has 3 aromatic rings. The average molecular weight is 358 g/mol. The Hall–Kier alpha value is -2.18. The predicted molar refractivity (Wildman–Crippen MR) is 99.7 cm³/mol. The summed E-state index contributed by atoms with van der Waals surface area (Å²) < 4.78 is 27.3. The molecule has 0 radical (unpaired) electrons. The molecule has 0 aliphatic rings. The molecule has 6 heteroatoms. The van der Waals surface area contributed by atoms with Gasteiger partial charge in [0.2, 0.25) is 10.0 Å². The second-order valence-corrected chi connectivity index (χ2v) is 8.46. The molecule has 0 bridgehead atoms. The van der Waals surface area contributed by atoms with Crippen LogP contribution in [0.1, 0.15) is 16.1 Å². The van der Waals surface area contributed by atoms with Crippen molar-refractivity contribution in [3.8, 4) is 11.3 Å².